The van der Waals surface area contributed by atoms with Crippen molar-refractivity contribution in [3.63, 3.8) is 0 Å². The zero-order valence-corrected chi connectivity index (χ0v) is 17.7. The molecule has 156 valence electrons. The van der Waals surface area contributed by atoms with Crippen molar-refractivity contribution < 1.29 is 23.8 Å². The highest BCUT2D eigenvalue weighted by Gasteiger charge is 2.16. The number of hydrogen-bond donors (Lipinski definition) is 1. The van der Waals surface area contributed by atoms with Gasteiger partial charge in [0.2, 0.25) is 0 Å². The van der Waals surface area contributed by atoms with Gasteiger partial charge in [0.1, 0.15) is 11.6 Å². The fraction of sp³-hybridized carbons (Fsp3) is 0.190. The number of halogens is 2. The number of esters is 1. The molecule has 0 aliphatic heterocycles. The Bertz CT molecular complexity index is 1010. The fourth-order valence-corrected chi connectivity index (χ4v) is 2.84. The summed E-state index contributed by atoms with van der Waals surface area (Å²) in [5.41, 5.74) is 0.721. The molecule has 7 nitrogen and oxygen atoms in total. The number of benzene rings is 2. The van der Waals surface area contributed by atoms with E-state index in [1.807, 2.05) is 6.07 Å². The van der Waals surface area contributed by atoms with Gasteiger partial charge in [0.15, 0.2) is 18.1 Å². The molecule has 0 spiro atoms. The number of rotatable bonds is 8. The van der Waals surface area contributed by atoms with Gasteiger partial charge in [0.25, 0.3) is 5.91 Å². The largest absolute Gasteiger partial charge is 0.493 e. The van der Waals surface area contributed by atoms with E-state index in [0.29, 0.717) is 16.3 Å². The summed E-state index contributed by atoms with van der Waals surface area (Å²) < 4.78 is 15.4. The summed E-state index contributed by atoms with van der Waals surface area (Å²) in [5.74, 6) is -0.793. The van der Waals surface area contributed by atoms with E-state index in [0.717, 1.165) is 0 Å². The fourth-order valence-electron chi connectivity index (χ4n) is 2.38. The maximum absolute atomic E-state index is 12.4. The molecule has 0 atom stereocenters. The molecule has 1 amide bonds. The van der Waals surface area contributed by atoms with Crippen LogP contribution in [0, 0.1) is 11.3 Å². The third-order valence-electron chi connectivity index (χ3n) is 3.65. The molecule has 9 heteroatoms. The van der Waals surface area contributed by atoms with Gasteiger partial charge in [0.05, 0.1) is 18.7 Å². The smallest absolute Gasteiger partial charge is 0.344 e. The molecule has 0 unspecified atom stereocenters. The second kappa shape index (κ2) is 11.1. The number of methoxy groups -OCH3 is 1. The number of ether oxygens (including phenoxy) is 3. The van der Waals surface area contributed by atoms with Crippen molar-refractivity contribution in [1.82, 2.24) is 0 Å². The van der Waals surface area contributed by atoms with Gasteiger partial charge >= 0.3 is 5.97 Å². The van der Waals surface area contributed by atoms with Gasteiger partial charge in [0, 0.05) is 10.7 Å². The summed E-state index contributed by atoms with van der Waals surface area (Å²) in [7, 11) is 1.40. The first kappa shape index (κ1) is 23.1. The van der Waals surface area contributed by atoms with Gasteiger partial charge in [-0.2, -0.15) is 5.26 Å². The Balaban J connectivity index is 2.25. The van der Waals surface area contributed by atoms with Crippen LogP contribution in [0.1, 0.15) is 12.5 Å². The molecule has 0 saturated heterocycles. The van der Waals surface area contributed by atoms with Crippen molar-refractivity contribution in [3.8, 4) is 17.6 Å². The molecule has 0 bridgehead atoms. The summed E-state index contributed by atoms with van der Waals surface area (Å²) in [6, 6.07) is 11.4. The summed E-state index contributed by atoms with van der Waals surface area (Å²) in [6.07, 6.45) is 1.35. The van der Waals surface area contributed by atoms with Crippen molar-refractivity contribution in [2.75, 3.05) is 25.6 Å². The molecular weight excluding hydrogens is 431 g/mol. The Kier molecular flexibility index (Phi) is 8.54. The number of amides is 1. The van der Waals surface area contributed by atoms with Crippen molar-refractivity contribution in [2.24, 2.45) is 0 Å². The van der Waals surface area contributed by atoms with Crippen molar-refractivity contribution in [3.05, 3.63) is 57.6 Å². The van der Waals surface area contributed by atoms with Crippen LogP contribution in [0.4, 0.5) is 5.69 Å². The van der Waals surface area contributed by atoms with Crippen molar-refractivity contribution >= 4 is 46.8 Å². The van der Waals surface area contributed by atoms with E-state index in [2.05, 4.69) is 5.32 Å². The molecule has 0 aliphatic rings. The van der Waals surface area contributed by atoms with Crippen molar-refractivity contribution in [1.29, 1.82) is 5.26 Å². The number of hydrogen-bond acceptors (Lipinski definition) is 6. The number of anilines is 1. The van der Waals surface area contributed by atoms with Gasteiger partial charge in [-0.25, -0.2) is 4.79 Å². The molecule has 30 heavy (non-hydrogen) atoms. The van der Waals surface area contributed by atoms with Crippen LogP contribution in [0.15, 0.2) is 42.0 Å². The molecule has 2 rings (SSSR count). The van der Waals surface area contributed by atoms with Gasteiger partial charge < -0.3 is 19.5 Å². The lowest BCUT2D eigenvalue weighted by atomic mass is 10.1. The Hall–Kier alpha value is -3.21. The molecule has 2 aromatic rings. The third-order valence-corrected chi connectivity index (χ3v) is 4.17. The summed E-state index contributed by atoms with van der Waals surface area (Å²) in [4.78, 5) is 23.9. The molecule has 1 N–H and O–H groups in total. The predicted octanol–water partition coefficient (Wildman–Crippen LogP) is 4.49. The van der Waals surface area contributed by atoms with Gasteiger partial charge in [-0.1, -0.05) is 29.3 Å². The molecule has 0 aliphatic carbocycles. The second-order valence-corrected chi connectivity index (χ2v) is 6.61. The van der Waals surface area contributed by atoms with E-state index in [1.54, 1.807) is 31.2 Å². The van der Waals surface area contributed by atoms with Crippen LogP contribution in [0.3, 0.4) is 0 Å². The Morgan fingerprint density at radius 3 is 2.63 bits per heavy atom. The average molecular weight is 449 g/mol. The van der Waals surface area contributed by atoms with Crippen LogP contribution in [0.25, 0.3) is 6.08 Å². The highest BCUT2D eigenvalue weighted by atomic mass is 35.5. The molecule has 0 saturated carbocycles. The minimum absolute atomic E-state index is 0.137. The maximum Gasteiger partial charge on any atom is 0.344 e. The number of nitrogens with one attached hydrogen (secondary N) is 1. The first-order chi connectivity index (χ1) is 14.4. The van der Waals surface area contributed by atoms with Crippen LogP contribution in [-0.4, -0.2) is 32.2 Å². The zero-order valence-electron chi connectivity index (χ0n) is 16.2. The van der Waals surface area contributed by atoms with Gasteiger partial charge in [-0.15, -0.1) is 0 Å². The summed E-state index contributed by atoms with van der Waals surface area (Å²) >= 11 is 12.1. The molecular formula is C21H18Cl2N2O5. The topological polar surface area (TPSA) is 97.7 Å². The molecule has 2 aromatic carbocycles. The first-order valence-electron chi connectivity index (χ1n) is 8.72. The van der Waals surface area contributed by atoms with Crippen molar-refractivity contribution in [2.45, 2.75) is 6.92 Å². The molecule has 0 heterocycles. The lowest BCUT2D eigenvalue weighted by Gasteiger charge is -2.13. The summed E-state index contributed by atoms with van der Waals surface area (Å²) in [5, 5.41) is 12.6. The van der Waals surface area contributed by atoms with E-state index in [-0.39, 0.29) is 35.3 Å². The second-order valence-electron chi connectivity index (χ2n) is 5.76. The number of carbonyl (C=O) groups is 2. The highest BCUT2D eigenvalue weighted by molar-refractivity contribution is 6.32. The minimum Gasteiger partial charge on any atom is -0.493 e. The molecule has 0 radical (unpaired) electrons. The minimum atomic E-state index is -0.613. The van der Waals surface area contributed by atoms with Gasteiger partial charge in [-0.3, -0.25) is 4.79 Å². The Morgan fingerprint density at radius 1 is 1.23 bits per heavy atom. The van der Waals surface area contributed by atoms with Crippen LogP contribution in [0.5, 0.6) is 11.5 Å². The Morgan fingerprint density at radius 2 is 2.00 bits per heavy atom. The van der Waals surface area contributed by atoms with E-state index >= 15 is 0 Å². The number of nitriles is 1. The quantitative estimate of drug-likeness (QED) is 0.362. The zero-order chi connectivity index (χ0) is 22.1. The SMILES string of the molecule is CCOC(=O)COc1c(Cl)cc(/C=C(\C#N)C(=O)Nc2cccc(Cl)c2)cc1OC. The predicted molar refractivity (Wildman–Crippen MR) is 114 cm³/mol. The molecule has 0 aromatic heterocycles. The highest BCUT2D eigenvalue weighted by Crippen LogP contribution is 2.37. The average Bonchev–Trinajstić information content (AvgIpc) is 2.70. The van der Waals surface area contributed by atoms with E-state index in [1.165, 1.54) is 25.3 Å². The number of nitrogens with zero attached hydrogens (tertiary/aromatic N) is 1. The van der Waals surface area contributed by atoms with Crippen LogP contribution < -0.4 is 14.8 Å². The van der Waals surface area contributed by atoms with E-state index in [4.69, 9.17) is 37.4 Å². The number of carbonyl (C=O) groups excluding carboxylic acids is 2. The standard InChI is InChI=1S/C21H18Cl2N2O5/c1-3-29-19(26)12-30-20-17(23)8-13(9-18(20)28-2)7-14(11-24)21(27)25-16-6-4-5-15(22)10-16/h4-10H,3,12H2,1-2H3,(H,25,27)/b14-7+. The normalized spacial score (nSPS) is 10.7. The lowest BCUT2D eigenvalue weighted by molar-refractivity contribution is -0.145. The van der Waals surface area contributed by atoms with Gasteiger partial charge in [-0.05, 0) is 48.9 Å². The third kappa shape index (κ3) is 6.41. The van der Waals surface area contributed by atoms with Crippen LogP contribution >= 0.6 is 23.2 Å². The Labute approximate surface area is 183 Å². The maximum atomic E-state index is 12.4. The first-order valence-corrected chi connectivity index (χ1v) is 9.48. The van der Waals surface area contributed by atoms with E-state index < -0.39 is 11.9 Å². The van der Waals surface area contributed by atoms with Crippen LogP contribution in [-0.2, 0) is 14.3 Å². The lowest BCUT2D eigenvalue weighted by Crippen LogP contribution is -2.15. The van der Waals surface area contributed by atoms with Crippen LogP contribution in [0.2, 0.25) is 10.0 Å². The van der Waals surface area contributed by atoms with E-state index in [9.17, 15) is 14.9 Å². The molecule has 0 fully saturated rings. The monoisotopic (exact) mass is 448 g/mol. The summed E-state index contributed by atoms with van der Waals surface area (Å²) in [6.45, 7) is 1.57.